The lowest BCUT2D eigenvalue weighted by atomic mass is 9.98. The fourth-order valence-corrected chi connectivity index (χ4v) is 11.4. The van der Waals surface area contributed by atoms with Crippen LogP contribution in [0.15, 0.2) is 113 Å². The molecule has 0 aliphatic carbocycles. The van der Waals surface area contributed by atoms with E-state index in [4.69, 9.17) is 14.2 Å². The van der Waals surface area contributed by atoms with Gasteiger partial charge in [-0.25, -0.2) is 26.6 Å². The Kier molecular flexibility index (Phi) is 13.5. The van der Waals surface area contributed by atoms with Crippen molar-refractivity contribution in [2.75, 3.05) is 38.9 Å². The SMILES string of the molecule is COc1ccc(CN(Cc2ccc(OC)cc2)S(=O)(=O)c2c(S(=O)(=O)CCNC(=O)O)ccc(-c3cccc4sc(NC(C)=O)nc34)c2-c2nnn(Cc3ccc(OC)cc3)n2)cc1. The Labute approximate surface area is 372 Å². The van der Waals surface area contributed by atoms with Crippen LogP contribution in [0, 0.1) is 0 Å². The Morgan fingerprint density at radius 1 is 0.766 bits per heavy atom. The summed E-state index contributed by atoms with van der Waals surface area (Å²) in [5.41, 5.74) is 2.58. The molecule has 3 N–H and O–H groups in total. The Bertz CT molecular complexity index is 2980. The normalized spacial score (nSPS) is 11.7. The number of fused-ring (bicyclic) bond motifs is 1. The maximum Gasteiger partial charge on any atom is 0.404 e. The lowest BCUT2D eigenvalue weighted by Gasteiger charge is -2.26. The number of ether oxygens (including phenoxy) is 3. The van der Waals surface area contributed by atoms with Gasteiger partial charge in [0.15, 0.2) is 15.0 Å². The van der Waals surface area contributed by atoms with E-state index < -0.39 is 48.0 Å². The number of nitrogens with one attached hydrogen (secondary N) is 2. The molecular formula is C43H42N8O10S3. The molecule has 5 aromatic carbocycles. The first-order valence-corrected chi connectivity index (χ1v) is 23.3. The van der Waals surface area contributed by atoms with Crippen LogP contribution in [0.4, 0.5) is 9.93 Å². The van der Waals surface area contributed by atoms with Crippen molar-refractivity contribution < 1.29 is 45.7 Å². The van der Waals surface area contributed by atoms with Crippen molar-refractivity contribution in [2.24, 2.45) is 0 Å². The van der Waals surface area contributed by atoms with E-state index in [-0.39, 0.29) is 47.6 Å². The van der Waals surface area contributed by atoms with Crippen LogP contribution in [0.5, 0.6) is 17.2 Å². The zero-order chi connectivity index (χ0) is 45.6. The molecule has 64 heavy (non-hydrogen) atoms. The smallest absolute Gasteiger partial charge is 0.404 e. The summed E-state index contributed by atoms with van der Waals surface area (Å²) in [5.74, 6) is 0.316. The fraction of sp³-hybridized carbons (Fsp3) is 0.209. The molecule has 7 rings (SSSR count). The number of aromatic nitrogens is 5. The number of hydrogen-bond acceptors (Lipinski definition) is 14. The minimum atomic E-state index is -4.97. The van der Waals surface area contributed by atoms with E-state index in [1.54, 1.807) is 98.1 Å². The van der Waals surface area contributed by atoms with Gasteiger partial charge in [-0.2, -0.15) is 9.10 Å². The molecule has 18 nitrogen and oxygen atoms in total. The number of nitrogens with zero attached hydrogens (tertiary/aromatic N) is 6. The molecule has 0 radical (unpaired) electrons. The molecule has 21 heteroatoms. The second-order valence-corrected chi connectivity index (χ2v) is 19.2. The van der Waals surface area contributed by atoms with Crippen molar-refractivity contribution in [3.8, 4) is 39.8 Å². The monoisotopic (exact) mass is 926 g/mol. The molecule has 0 saturated heterocycles. The number of carbonyl (C=O) groups is 2. The summed E-state index contributed by atoms with van der Waals surface area (Å²) in [7, 11) is -5.03. The summed E-state index contributed by atoms with van der Waals surface area (Å²) in [4.78, 5) is 28.2. The molecule has 0 aliphatic rings. The average Bonchev–Trinajstić information content (AvgIpc) is 3.92. The number of amides is 2. The van der Waals surface area contributed by atoms with E-state index in [0.29, 0.717) is 44.2 Å². The number of carboxylic acid groups (broad SMARTS) is 1. The van der Waals surface area contributed by atoms with E-state index in [1.807, 2.05) is 0 Å². The number of tetrazole rings is 1. The lowest BCUT2D eigenvalue weighted by molar-refractivity contribution is -0.114. The van der Waals surface area contributed by atoms with E-state index in [1.165, 1.54) is 49.4 Å². The maximum absolute atomic E-state index is 15.9. The zero-order valence-electron chi connectivity index (χ0n) is 34.9. The summed E-state index contributed by atoms with van der Waals surface area (Å²) < 4.78 is 78.7. The number of benzene rings is 5. The van der Waals surface area contributed by atoms with Crippen LogP contribution in [0.25, 0.3) is 32.7 Å². The number of sulfone groups is 1. The van der Waals surface area contributed by atoms with Crippen LogP contribution in [-0.4, -0.2) is 97.1 Å². The van der Waals surface area contributed by atoms with Gasteiger partial charge in [-0.3, -0.25) is 4.79 Å². The molecule has 0 spiro atoms. The molecule has 0 saturated carbocycles. The third-order valence-corrected chi connectivity index (χ3v) is 14.6. The second-order valence-electron chi connectivity index (χ2n) is 14.2. The molecule has 2 amide bonds. The molecule has 2 aromatic heterocycles. The molecule has 332 valence electrons. The van der Waals surface area contributed by atoms with E-state index in [2.05, 4.69) is 31.0 Å². The Hall–Kier alpha value is -6.94. The number of methoxy groups -OCH3 is 3. The van der Waals surface area contributed by atoms with Crippen LogP contribution < -0.4 is 24.8 Å². The van der Waals surface area contributed by atoms with E-state index in [9.17, 15) is 23.1 Å². The Morgan fingerprint density at radius 2 is 1.34 bits per heavy atom. The number of sulfonamides is 1. The number of anilines is 1. The number of para-hydroxylation sites is 1. The quantitative estimate of drug-likeness (QED) is 0.0885. The van der Waals surface area contributed by atoms with Gasteiger partial charge < -0.3 is 30.0 Å². The lowest BCUT2D eigenvalue weighted by Crippen LogP contribution is -2.33. The molecule has 7 aromatic rings. The molecule has 0 aliphatic heterocycles. The zero-order valence-corrected chi connectivity index (χ0v) is 37.3. The van der Waals surface area contributed by atoms with Crippen molar-refractivity contribution in [3.63, 3.8) is 0 Å². The van der Waals surface area contributed by atoms with Crippen molar-refractivity contribution >= 4 is 58.5 Å². The molecule has 2 heterocycles. The van der Waals surface area contributed by atoms with Crippen molar-refractivity contribution in [1.29, 1.82) is 0 Å². The predicted molar refractivity (Wildman–Crippen MR) is 239 cm³/mol. The highest BCUT2D eigenvalue weighted by Crippen LogP contribution is 2.44. The van der Waals surface area contributed by atoms with Gasteiger partial charge in [0.05, 0.1) is 54.3 Å². The van der Waals surface area contributed by atoms with E-state index >= 15 is 8.42 Å². The topological polar surface area (TPSA) is 234 Å². The van der Waals surface area contributed by atoms with Crippen LogP contribution in [0.2, 0.25) is 0 Å². The van der Waals surface area contributed by atoms with Gasteiger partial charge in [0.25, 0.3) is 0 Å². The highest BCUT2D eigenvalue weighted by Gasteiger charge is 2.38. The second kappa shape index (κ2) is 19.2. The largest absolute Gasteiger partial charge is 0.497 e. The summed E-state index contributed by atoms with van der Waals surface area (Å²) in [6.45, 7) is 0.423. The van der Waals surface area contributed by atoms with Gasteiger partial charge in [0, 0.05) is 32.1 Å². The van der Waals surface area contributed by atoms with E-state index in [0.717, 1.165) is 9.87 Å². The summed E-state index contributed by atoms with van der Waals surface area (Å²) in [6, 6.07) is 28.4. The fourth-order valence-electron chi connectivity index (χ4n) is 6.81. The highest BCUT2D eigenvalue weighted by atomic mass is 32.2. The van der Waals surface area contributed by atoms with Crippen LogP contribution in [0.1, 0.15) is 23.6 Å². The minimum Gasteiger partial charge on any atom is -0.497 e. The van der Waals surface area contributed by atoms with Gasteiger partial charge >= 0.3 is 6.09 Å². The van der Waals surface area contributed by atoms with Crippen LogP contribution in [-0.2, 0) is 44.3 Å². The first kappa shape index (κ1) is 45.1. The molecule has 0 atom stereocenters. The first-order valence-electron chi connectivity index (χ1n) is 19.4. The Balaban J connectivity index is 1.51. The number of hydrogen-bond donors (Lipinski definition) is 3. The number of carbonyl (C=O) groups excluding carboxylic acids is 1. The van der Waals surface area contributed by atoms with Gasteiger partial charge in [0.2, 0.25) is 21.8 Å². The third-order valence-electron chi connectivity index (χ3n) is 9.89. The van der Waals surface area contributed by atoms with Crippen molar-refractivity contribution in [1.82, 2.24) is 34.8 Å². The Morgan fingerprint density at radius 3 is 1.89 bits per heavy atom. The number of thiazole rings is 1. The summed E-state index contributed by atoms with van der Waals surface area (Å²) >= 11 is 1.19. The molecule has 0 unspecified atom stereocenters. The van der Waals surface area contributed by atoms with Gasteiger partial charge in [-0.05, 0) is 76.0 Å². The minimum absolute atomic E-state index is 0.0933. The first-order chi connectivity index (χ1) is 30.7. The van der Waals surface area contributed by atoms with Crippen molar-refractivity contribution in [2.45, 2.75) is 36.3 Å². The number of rotatable bonds is 18. The summed E-state index contributed by atoms with van der Waals surface area (Å²) in [6.07, 6.45) is -1.46. The van der Waals surface area contributed by atoms with Crippen molar-refractivity contribution in [3.05, 3.63) is 120 Å². The van der Waals surface area contributed by atoms with Crippen LogP contribution >= 0.6 is 11.3 Å². The molecule has 0 fully saturated rings. The van der Waals surface area contributed by atoms with Gasteiger partial charge in [-0.1, -0.05) is 65.9 Å². The average molecular weight is 927 g/mol. The standard InChI is InChI=1S/C43H42N8O10S3/c1-27(52)45-42-46-39-35(6-5-7-36(39)62-42)34-20-21-37(63(55,56)23-22-44-43(53)54)40(38(34)41-47-49-51(48-41)26-30-12-18-33(61-4)19-13-30)64(57,58)50(24-28-8-14-31(59-2)15-9-28)25-29-10-16-32(60-3)17-11-29/h5-21,44H,22-26H2,1-4H3,(H,53,54)(H,45,46,52). The highest BCUT2D eigenvalue weighted by molar-refractivity contribution is 7.93. The van der Waals surface area contributed by atoms with Crippen LogP contribution in [0.3, 0.4) is 0 Å². The predicted octanol–water partition coefficient (Wildman–Crippen LogP) is 6.08. The van der Waals surface area contributed by atoms with Gasteiger partial charge in [-0.15, -0.1) is 10.2 Å². The third kappa shape index (κ3) is 10.1. The molecular weight excluding hydrogens is 885 g/mol. The summed E-state index contributed by atoms with van der Waals surface area (Å²) in [5, 5.41) is 27.7. The van der Waals surface area contributed by atoms with Gasteiger partial charge in [0.1, 0.15) is 22.1 Å². The maximum atomic E-state index is 15.9. The molecule has 0 bridgehead atoms.